The molecule has 0 saturated carbocycles. The summed E-state index contributed by atoms with van der Waals surface area (Å²) in [5.41, 5.74) is 8.65. The monoisotopic (exact) mass is 722 g/mol. The van der Waals surface area contributed by atoms with Crippen molar-refractivity contribution in [1.82, 2.24) is 19.1 Å². The highest BCUT2D eigenvalue weighted by atomic mass is 16.2. The Bertz CT molecular complexity index is 2600. The quantitative estimate of drug-likeness (QED) is 0.157. The first-order valence-corrected chi connectivity index (χ1v) is 18.4. The van der Waals surface area contributed by atoms with E-state index < -0.39 is 0 Å². The van der Waals surface area contributed by atoms with Crippen molar-refractivity contribution in [2.24, 2.45) is 0 Å². The van der Waals surface area contributed by atoms with Crippen LogP contribution < -0.4 is 0 Å². The van der Waals surface area contributed by atoms with Crippen LogP contribution in [0.25, 0.3) is 67.8 Å². The molecule has 6 heteroatoms. The summed E-state index contributed by atoms with van der Waals surface area (Å²) in [5.74, 6) is 0.519. The summed E-state index contributed by atoms with van der Waals surface area (Å²) in [6.07, 6.45) is 0. The van der Waals surface area contributed by atoms with Crippen molar-refractivity contribution in [2.75, 3.05) is 0 Å². The van der Waals surface area contributed by atoms with Gasteiger partial charge in [-0.15, -0.1) is 0 Å². The fourth-order valence-corrected chi connectivity index (χ4v) is 7.16. The highest BCUT2D eigenvalue weighted by Gasteiger charge is 2.29. The van der Waals surface area contributed by atoms with E-state index in [1.165, 1.54) is 0 Å². The topological polar surface area (TPSA) is 69.8 Å². The van der Waals surface area contributed by atoms with Crippen molar-refractivity contribution >= 4 is 11.8 Å². The summed E-state index contributed by atoms with van der Waals surface area (Å²) in [6.45, 7) is 0. The van der Waals surface area contributed by atoms with Crippen molar-refractivity contribution in [3.05, 3.63) is 217 Å². The van der Waals surface area contributed by atoms with Gasteiger partial charge >= 0.3 is 0 Å². The van der Waals surface area contributed by atoms with Crippen LogP contribution in [-0.2, 0) is 0 Å². The van der Waals surface area contributed by atoms with Gasteiger partial charge in [-0.3, -0.25) is 18.7 Å². The molecule has 0 atom stereocenters. The van der Waals surface area contributed by atoms with Gasteiger partial charge in [-0.1, -0.05) is 176 Å². The Kier molecular flexibility index (Phi) is 9.11. The minimum Gasteiger partial charge on any atom is -0.268 e. The van der Waals surface area contributed by atoms with E-state index in [4.69, 9.17) is 9.97 Å². The fraction of sp³-hybridized carbons (Fsp3) is 0. The second kappa shape index (κ2) is 15.0. The maximum atomic E-state index is 14.8. The maximum absolute atomic E-state index is 14.8. The first kappa shape index (κ1) is 34.1. The fourth-order valence-electron chi connectivity index (χ4n) is 7.16. The molecule has 0 spiro atoms. The lowest BCUT2D eigenvalue weighted by Crippen LogP contribution is -2.15. The van der Waals surface area contributed by atoms with Gasteiger partial charge in [-0.2, -0.15) is 0 Å². The zero-order valence-corrected chi connectivity index (χ0v) is 30.2. The van der Waals surface area contributed by atoms with Gasteiger partial charge in [0.25, 0.3) is 11.8 Å². The maximum Gasteiger partial charge on any atom is 0.264 e. The summed E-state index contributed by atoms with van der Waals surface area (Å²) in [7, 11) is 0. The Balaban J connectivity index is 1.32. The molecule has 6 nitrogen and oxygen atoms in total. The SMILES string of the molecule is O=C(c1ccccc1)n1c(-c2cccc(-c3nc(-c4ccccc4)c(-c4ccccc4)n3C(=O)c3ccccc3)c2)nc(-c2ccccc2)c1-c1ccccc1. The number of benzene rings is 7. The normalized spacial score (nSPS) is 11.0. The Hall–Kier alpha value is -7.70. The summed E-state index contributed by atoms with van der Waals surface area (Å²) in [5, 5.41) is 0. The van der Waals surface area contributed by atoms with Gasteiger partial charge < -0.3 is 0 Å². The van der Waals surface area contributed by atoms with E-state index >= 15 is 0 Å². The molecule has 0 amide bonds. The summed E-state index contributed by atoms with van der Waals surface area (Å²) < 4.78 is 3.44. The number of hydrogen-bond acceptors (Lipinski definition) is 4. The van der Waals surface area contributed by atoms with E-state index in [9.17, 15) is 9.59 Å². The highest BCUT2D eigenvalue weighted by molar-refractivity contribution is 6.04. The van der Waals surface area contributed by atoms with Gasteiger partial charge in [0, 0.05) is 44.5 Å². The molecule has 2 aromatic heterocycles. The van der Waals surface area contributed by atoms with E-state index in [0.717, 1.165) is 22.3 Å². The lowest BCUT2D eigenvalue weighted by atomic mass is 10.0. The highest BCUT2D eigenvalue weighted by Crippen LogP contribution is 2.40. The minimum absolute atomic E-state index is 0.210. The van der Waals surface area contributed by atoms with Crippen LogP contribution in [0.4, 0.5) is 0 Å². The third-order valence-electron chi connectivity index (χ3n) is 9.77. The largest absolute Gasteiger partial charge is 0.268 e. The molecule has 0 bridgehead atoms. The van der Waals surface area contributed by atoms with Crippen molar-refractivity contribution < 1.29 is 9.59 Å². The van der Waals surface area contributed by atoms with E-state index in [2.05, 4.69) is 0 Å². The van der Waals surface area contributed by atoms with Crippen LogP contribution in [-0.4, -0.2) is 30.9 Å². The molecule has 9 rings (SSSR count). The second-order valence-electron chi connectivity index (χ2n) is 13.3. The second-order valence-corrected chi connectivity index (χ2v) is 13.3. The lowest BCUT2D eigenvalue weighted by molar-refractivity contribution is 0.0955. The summed E-state index contributed by atoms with van der Waals surface area (Å²) >= 11 is 0. The number of carbonyl (C=O) groups is 2. The van der Waals surface area contributed by atoms with Crippen LogP contribution in [0.1, 0.15) is 20.7 Å². The van der Waals surface area contributed by atoms with Crippen LogP contribution in [0, 0.1) is 0 Å². The molecular formula is C50H34N4O2. The Morgan fingerprint density at radius 2 is 0.607 bits per heavy atom. The number of hydrogen-bond donors (Lipinski definition) is 0. The van der Waals surface area contributed by atoms with Crippen LogP contribution >= 0.6 is 0 Å². The van der Waals surface area contributed by atoms with Crippen LogP contribution in [0.3, 0.4) is 0 Å². The zero-order chi connectivity index (χ0) is 37.8. The molecule has 266 valence electrons. The summed E-state index contributed by atoms with van der Waals surface area (Å²) in [4.78, 5) is 40.1. The van der Waals surface area contributed by atoms with Crippen molar-refractivity contribution in [1.29, 1.82) is 0 Å². The van der Waals surface area contributed by atoms with Gasteiger partial charge in [0.05, 0.1) is 22.8 Å². The molecule has 0 N–H and O–H groups in total. The van der Waals surface area contributed by atoms with E-state index in [-0.39, 0.29) is 11.8 Å². The van der Waals surface area contributed by atoms with Gasteiger partial charge in [-0.05, 0) is 30.3 Å². The van der Waals surface area contributed by atoms with Crippen LogP contribution in [0.15, 0.2) is 206 Å². The Labute approximate surface area is 324 Å². The van der Waals surface area contributed by atoms with Gasteiger partial charge in [0.2, 0.25) is 0 Å². The minimum atomic E-state index is -0.210. The number of nitrogens with zero attached hydrogens (tertiary/aromatic N) is 4. The van der Waals surface area contributed by atoms with E-state index in [0.29, 0.717) is 56.7 Å². The molecule has 0 saturated heterocycles. The van der Waals surface area contributed by atoms with E-state index in [1.54, 1.807) is 9.13 Å². The third kappa shape index (κ3) is 6.35. The third-order valence-corrected chi connectivity index (χ3v) is 9.77. The number of aromatic nitrogens is 4. The smallest absolute Gasteiger partial charge is 0.264 e. The summed E-state index contributed by atoms with van der Waals surface area (Å²) in [6, 6.07) is 66.0. The molecule has 2 heterocycles. The molecule has 7 aromatic carbocycles. The molecule has 56 heavy (non-hydrogen) atoms. The predicted molar refractivity (Wildman–Crippen MR) is 223 cm³/mol. The number of carbonyl (C=O) groups excluding carboxylic acids is 2. The Morgan fingerprint density at radius 3 is 0.946 bits per heavy atom. The van der Waals surface area contributed by atoms with Gasteiger partial charge in [0.15, 0.2) is 0 Å². The average molecular weight is 723 g/mol. The molecule has 0 fully saturated rings. The predicted octanol–water partition coefficient (Wildman–Crippen LogP) is 11.5. The van der Waals surface area contributed by atoms with Crippen LogP contribution in [0.2, 0.25) is 0 Å². The first-order valence-electron chi connectivity index (χ1n) is 18.4. The molecular weight excluding hydrogens is 689 g/mol. The molecule has 0 aliphatic rings. The molecule has 0 aliphatic carbocycles. The standard InChI is InChI=1S/C50H34N4O2/c55-49(39-28-15-5-16-29-39)53-45(37-24-11-3-12-25-37)43(35-20-7-1-8-21-35)51-47(53)41-32-19-33-42(34-41)48-52-44(36-22-9-2-10-23-36)46(38-26-13-4-14-27-38)54(48)50(56)40-30-17-6-18-31-40/h1-34H. The van der Waals surface area contributed by atoms with Gasteiger partial charge in [-0.25, -0.2) is 9.97 Å². The molecule has 0 unspecified atom stereocenters. The molecule has 9 aromatic rings. The number of rotatable bonds is 8. The van der Waals surface area contributed by atoms with Crippen LogP contribution in [0.5, 0.6) is 0 Å². The van der Waals surface area contributed by atoms with Crippen molar-refractivity contribution in [3.63, 3.8) is 0 Å². The Morgan fingerprint density at radius 1 is 0.321 bits per heavy atom. The van der Waals surface area contributed by atoms with E-state index in [1.807, 2.05) is 206 Å². The molecule has 0 aliphatic heterocycles. The van der Waals surface area contributed by atoms with Crippen molar-refractivity contribution in [2.45, 2.75) is 0 Å². The zero-order valence-electron chi connectivity index (χ0n) is 30.2. The lowest BCUT2D eigenvalue weighted by Gasteiger charge is -2.14. The van der Waals surface area contributed by atoms with Gasteiger partial charge in [0.1, 0.15) is 11.6 Å². The first-order chi connectivity index (χ1) is 27.7. The average Bonchev–Trinajstić information content (AvgIpc) is 3.89. The number of imidazole rings is 2. The molecule has 0 radical (unpaired) electrons. The van der Waals surface area contributed by atoms with Crippen molar-refractivity contribution in [3.8, 4) is 67.8 Å².